The maximum atomic E-state index is 2.45. The Morgan fingerprint density at radius 1 is 0.339 bits per heavy atom. The molecule has 0 N–H and O–H groups in total. The molecular formula is C56H44. The maximum absolute atomic E-state index is 2.45. The second-order valence-electron chi connectivity index (χ2n) is 14.4. The molecule has 56 heavy (non-hydrogen) atoms. The topological polar surface area (TPSA) is 0 Å². The molecule has 0 amide bonds. The summed E-state index contributed by atoms with van der Waals surface area (Å²) >= 11 is 0. The first-order chi connectivity index (χ1) is 27.7. The lowest BCUT2D eigenvalue weighted by molar-refractivity contribution is 1.44. The van der Waals surface area contributed by atoms with Crippen LogP contribution in [0.15, 0.2) is 188 Å². The summed E-state index contributed by atoms with van der Waals surface area (Å²) in [7, 11) is 0. The van der Waals surface area contributed by atoms with E-state index in [1.54, 1.807) is 0 Å². The lowest BCUT2D eigenvalue weighted by Gasteiger charge is -2.20. The van der Waals surface area contributed by atoms with Gasteiger partial charge in [0.1, 0.15) is 0 Å². The Bertz CT molecular complexity index is 3120. The van der Waals surface area contributed by atoms with Crippen molar-refractivity contribution in [1.82, 2.24) is 0 Å². The monoisotopic (exact) mass is 716 g/mol. The molecule has 0 nitrogen and oxygen atoms in total. The van der Waals surface area contributed by atoms with E-state index in [9.17, 15) is 0 Å². The van der Waals surface area contributed by atoms with Crippen LogP contribution in [0.25, 0.3) is 104 Å². The molecule has 0 radical (unpaired) electrons. The smallest absolute Gasteiger partial charge is 0.00259 e. The van der Waals surface area contributed by atoms with Crippen molar-refractivity contribution in [3.05, 3.63) is 199 Å². The molecule has 0 heteroatoms. The molecule has 268 valence electrons. The Morgan fingerprint density at radius 2 is 0.821 bits per heavy atom. The van der Waals surface area contributed by atoms with Crippen molar-refractivity contribution in [2.75, 3.05) is 0 Å². The van der Waals surface area contributed by atoms with E-state index in [0.717, 1.165) is 0 Å². The number of aryl methyl sites for hydroxylation is 1. The van der Waals surface area contributed by atoms with Crippen LogP contribution >= 0.6 is 0 Å². The van der Waals surface area contributed by atoms with E-state index in [2.05, 4.69) is 208 Å². The fourth-order valence-electron chi connectivity index (χ4n) is 8.75. The summed E-state index contributed by atoms with van der Waals surface area (Å²) in [6.45, 7) is 8.30. The molecule has 0 fully saturated rings. The Labute approximate surface area is 330 Å². The van der Waals surface area contributed by atoms with Crippen molar-refractivity contribution in [1.29, 1.82) is 0 Å². The molecule has 0 atom stereocenters. The number of allylic oxidation sites excluding steroid dienone is 1. The van der Waals surface area contributed by atoms with Crippen molar-refractivity contribution in [2.45, 2.75) is 27.7 Å². The first kappa shape index (κ1) is 35.0. The van der Waals surface area contributed by atoms with E-state index >= 15 is 0 Å². The van der Waals surface area contributed by atoms with Gasteiger partial charge in [-0.25, -0.2) is 0 Å². The molecule has 0 saturated carbocycles. The van der Waals surface area contributed by atoms with Crippen molar-refractivity contribution in [3.8, 4) is 44.5 Å². The van der Waals surface area contributed by atoms with Gasteiger partial charge < -0.3 is 0 Å². The Kier molecular flexibility index (Phi) is 9.25. The number of hydrogen-bond acceptors (Lipinski definition) is 0. The van der Waals surface area contributed by atoms with Gasteiger partial charge in [-0.2, -0.15) is 0 Å². The molecular weight excluding hydrogens is 673 g/mol. The van der Waals surface area contributed by atoms with E-state index in [0.29, 0.717) is 0 Å². The van der Waals surface area contributed by atoms with E-state index in [1.165, 1.54) is 109 Å². The SMILES string of the molecule is C/C=C\c1c(C)cccc1-c1ccc(-c2ccc3c(-c4ccc5ccccc5c4)c4ccccc4c(-c4ccc5ccccc5c4)c3c2)c2ccccc12.CC. The van der Waals surface area contributed by atoms with E-state index in [-0.39, 0.29) is 0 Å². The van der Waals surface area contributed by atoms with E-state index in [1.807, 2.05) is 13.8 Å². The molecule has 10 rings (SSSR count). The van der Waals surface area contributed by atoms with Gasteiger partial charge in [0, 0.05) is 0 Å². The van der Waals surface area contributed by atoms with Gasteiger partial charge in [-0.05, 0) is 142 Å². The van der Waals surface area contributed by atoms with Crippen molar-refractivity contribution in [3.63, 3.8) is 0 Å². The van der Waals surface area contributed by atoms with Crippen LogP contribution in [0.3, 0.4) is 0 Å². The summed E-state index contributed by atoms with van der Waals surface area (Å²) in [4.78, 5) is 0. The number of rotatable bonds is 5. The van der Waals surface area contributed by atoms with Crippen LogP contribution in [0.2, 0.25) is 0 Å². The summed E-state index contributed by atoms with van der Waals surface area (Å²) < 4.78 is 0. The van der Waals surface area contributed by atoms with Crippen LogP contribution in [-0.2, 0) is 0 Å². The minimum atomic E-state index is 1.21. The van der Waals surface area contributed by atoms with E-state index in [4.69, 9.17) is 0 Å². The van der Waals surface area contributed by atoms with Gasteiger partial charge in [-0.15, -0.1) is 0 Å². The lowest BCUT2D eigenvalue weighted by Crippen LogP contribution is -1.93. The average molecular weight is 717 g/mol. The Hall–Kier alpha value is -6.76. The van der Waals surface area contributed by atoms with E-state index < -0.39 is 0 Å². The van der Waals surface area contributed by atoms with Crippen LogP contribution in [0.4, 0.5) is 0 Å². The quantitative estimate of drug-likeness (QED) is 0.156. The van der Waals surface area contributed by atoms with Gasteiger partial charge in [0.15, 0.2) is 0 Å². The molecule has 10 aromatic carbocycles. The minimum Gasteiger partial charge on any atom is -0.0870 e. The van der Waals surface area contributed by atoms with Gasteiger partial charge in [-0.3, -0.25) is 0 Å². The van der Waals surface area contributed by atoms with Crippen molar-refractivity contribution < 1.29 is 0 Å². The molecule has 0 spiro atoms. The molecule has 0 aromatic heterocycles. The fourth-order valence-corrected chi connectivity index (χ4v) is 8.75. The highest BCUT2D eigenvalue weighted by Gasteiger charge is 2.19. The highest BCUT2D eigenvalue weighted by molar-refractivity contribution is 6.23. The van der Waals surface area contributed by atoms with Gasteiger partial charge in [-0.1, -0.05) is 190 Å². The van der Waals surface area contributed by atoms with Gasteiger partial charge >= 0.3 is 0 Å². The zero-order chi connectivity index (χ0) is 38.2. The van der Waals surface area contributed by atoms with Crippen LogP contribution in [0.1, 0.15) is 31.9 Å². The number of hydrogen-bond donors (Lipinski definition) is 0. The summed E-state index contributed by atoms with van der Waals surface area (Å²) in [6.07, 6.45) is 4.38. The first-order valence-corrected chi connectivity index (χ1v) is 19.9. The minimum absolute atomic E-state index is 1.21. The number of fused-ring (bicyclic) bond motifs is 5. The molecule has 0 saturated heterocycles. The fraction of sp³-hybridized carbons (Fsp3) is 0.0714. The summed E-state index contributed by atoms with van der Waals surface area (Å²) in [5.41, 5.74) is 12.5. The zero-order valence-corrected chi connectivity index (χ0v) is 32.5. The van der Waals surface area contributed by atoms with Crippen molar-refractivity contribution in [2.24, 2.45) is 0 Å². The van der Waals surface area contributed by atoms with Crippen LogP contribution in [0, 0.1) is 6.92 Å². The molecule has 0 aliphatic carbocycles. The molecule has 0 unspecified atom stereocenters. The van der Waals surface area contributed by atoms with Gasteiger partial charge in [0.2, 0.25) is 0 Å². The molecule has 0 bridgehead atoms. The largest absolute Gasteiger partial charge is 0.0870 e. The van der Waals surface area contributed by atoms with Crippen LogP contribution in [0.5, 0.6) is 0 Å². The lowest BCUT2D eigenvalue weighted by atomic mass is 9.83. The van der Waals surface area contributed by atoms with Crippen molar-refractivity contribution >= 4 is 59.9 Å². The first-order valence-electron chi connectivity index (χ1n) is 19.9. The Balaban J connectivity index is 0.00000202. The number of benzene rings is 10. The zero-order valence-electron chi connectivity index (χ0n) is 32.5. The standard InChI is InChI=1S/C54H38.C2H6/c1-3-13-43-35(2)14-12-23-45(43)48-31-30-44(46-19-8-9-20-47(46)48)40-28-29-51-52(34-40)54(42-27-25-37-16-5-7-18-39(37)33-42)50-22-11-10-21-49(50)53(51)41-26-24-36-15-4-6-17-38(36)32-41;1-2/h3-34H,1-2H3;1-2H3/b13-3-;. The average Bonchev–Trinajstić information content (AvgIpc) is 3.26. The molecule has 0 aliphatic heterocycles. The van der Waals surface area contributed by atoms with Gasteiger partial charge in [0.25, 0.3) is 0 Å². The second-order valence-corrected chi connectivity index (χ2v) is 14.4. The summed E-state index contributed by atoms with van der Waals surface area (Å²) in [5.74, 6) is 0. The molecule has 0 aliphatic rings. The van der Waals surface area contributed by atoms with Gasteiger partial charge in [0.05, 0.1) is 0 Å². The van der Waals surface area contributed by atoms with Crippen LogP contribution in [-0.4, -0.2) is 0 Å². The normalized spacial score (nSPS) is 11.5. The third kappa shape index (κ3) is 5.95. The third-order valence-electron chi connectivity index (χ3n) is 11.3. The third-order valence-corrected chi connectivity index (χ3v) is 11.3. The summed E-state index contributed by atoms with van der Waals surface area (Å²) in [5, 5.41) is 12.6. The van der Waals surface area contributed by atoms with Crippen LogP contribution < -0.4 is 0 Å². The summed E-state index contributed by atoms with van der Waals surface area (Å²) in [6, 6.07) is 67.6. The highest BCUT2D eigenvalue weighted by Crippen LogP contribution is 2.47. The Morgan fingerprint density at radius 3 is 1.43 bits per heavy atom. The molecule has 0 heterocycles. The highest BCUT2D eigenvalue weighted by atomic mass is 14.2. The maximum Gasteiger partial charge on any atom is -0.00259 e. The predicted molar refractivity (Wildman–Crippen MR) is 247 cm³/mol. The predicted octanol–water partition coefficient (Wildman–Crippen LogP) is 16.5. The second kappa shape index (κ2) is 14.8. The molecule has 10 aromatic rings.